The fourth-order valence-corrected chi connectivity index (χ4v) is 2.29. The third-order valence-electron chi connectivity index (χ3n) is 3.22. The normalized spacial score (nSPS) is 19.9. The van der Waals surface area contributed by atoms with Crippen LogP contribution in [0.4, 0.5) is 0 Å². The van der Waals surface area contributed by atoms with E-state index in [4.69, 9.17) is 4.74 Å². The highest BCUT2D eigenvalue weighted by molar-refractivity contribution is 5.45. The molecule has 4 nitrogen and oxygen atoms in total. The maximum Gasteiger partial charge on any atom is 0.232 e. The summed E-state index contributed by atoms with van der Waals surface area (Å²) in [6.07, 6.45) is 3.27. The van der Waals surface area contributed by atoms with Crippen molar-refractivity contribution in [2.45, 2.75) is 39.2 Å². The Kier molecular flexibility index (Phi) is 4.16. The number of aromatic nitrogens is 1. The van der Waals surface area contributed by atoms with Gasteiger partial charge >= 0.3 is 0 Å². The number of hydrogen-bond acceptors (Lipinski definition) is 4. The Morgan fingerprint density at radius 1 is 1.39 bits per heavy atom. The van der Waals surface area contributed by atoms with Crippen LogP contribution in [0.1, 0.15) is 36.1 Å². The first-order valence-corrected chi connectivity index (χ1v) is 6.46. The molecule has 0 bridgehead atoms. The molecule has 0 radical (unpaired) electrons. The number of nitrogens with zero attached hydrogens (tertiary/aromatic N) is 2. The van der Waals surface area contributed by atoms with E-state index in [0.717, 1.165) is 43.6 Å². The summed E-state index contributed by atoms with van der Waals surface area (Å²) in [5.74, 6) is 0.502. The van der Waals surface area contributed by atoms with Gasteiger partial charge in [-0.3, -0.25) is 0 Å². The fraction of sp³-hybridized carbons (Fsp3) is 0.571. The Labute approximate surface area is 108 Å². The lowest BCUT2D eigenvalue weighted by molar-refractivity contribution is 0.179. The van der Waals surface area contributed by atoms with Crippen LogP contribution >= 0.6 is 0 Å². The number of pyridine rings is 1. The van der Waals surface area contributed by atoms with Crippen molar-refractivity contribution in [1.82, 2.24) is 10.3 Å². The van der Waals surface area contributed by atoms with Gasteiger partial charge in [0.25, 0.3) is 0 Å². The quantitative estimate of drug-likeness (QED) is 0.866. The lowest BCUT2D eigenvalue weighted by Crippen LogP contribution is -2.20. The summed E-state index contributed by atoms with van der Waals surface area (Å²) in [6.45, 7) is 5.87. The van der Waals surface area contributed by atoms with Crippen LogP contribution in [0.15, 0.2) is 6.07 Å². The molecule has 2 heterocycles. The molecule has 0 saturated carbocycles. The summed E-state index contributed by atoms with van der Waals surface area (Å²) in [7, 11) is 0. The van der Waals surface area contributed by atoms with Crippen LogP contribution < -0.4 is 10.1 Å². The molecule has 1 atom stereocenters. The summed E-state index contributed by atoms with van der Waals surface area (Å²) in [5.41, 5.74) is 2.40. The molecular formula is C14H19N3O. The van der Waals surface area contributed by atoms with Crippen molar-refractivity contribution in [3.8, 4) is 11.9 Å². The molecule has 0 aromatic carbocycles. The minimum absolute atomic E-state index is 0.167. The highest BCUT2D eigenvalue weighted by Crippen LogP contribution is 2.23. The van der Waals surface area contributed by atoms with Crippen molar-refractivity contribution in [3.63, 3.8) is 0 Å². The minimum Gasteiger partial charge on any atom is -0.473 e. The van der Waals surface area contributed by atoms with E-state index in [-0.39, 0.29) is 6.10 Å². The monoisotopic (exact) mass is 245 g/mol. The van der Waals surface area contributed by atoms with Crippen LogP contribution in [0.2, 0.25) is 0 Å². The number of ether oxygens (including phenoxy) is 1. The zero-order chi connectivity index (χ0) is 13.0. The molecule has 1 aromatic rings. The third-order valence-corrected chi connectivity index (χ3v) is 3.22. The van der Waals surface area contributed by atoms with Gasteiger partial charge in [-0.1, -0.05) is 0 Å². The highest BCUT2D eigenvalue weighted by atomic mass is 16.5. The van der Waals surface area contributed by atoms with Crippen LogP contribution in [0.3, 0.4) is 0 Å². The van der Waals surface area contributed by atoms with Crippen molar-refractivity contribution >= 4 is 0 Å². The van der Waals surface area contributed by atoms with E-state index < -0.39 is 0 Å². The molecule has 0 spiro atoms. The lowest BCUT2D eigenvalue weighted by Gasteiger charge is -2.17. The standard InChI is InChI=1S/C14H19N3O/c1-10-8-11(2)17-14(13(10)9-15)18-12-4-3-6-16-7-5-12/h8,12,16H,3-7H2,1-2H3. The maximum absolute atomic E-state index is 9.19. The van der Waals surface area contributed by atoms with E-state index in [2.05, 4.69) is 16.4 Å². The number of nitrogens with one attached hydrogen (secondary N) is 1. The second-order valence-electron chi connectivity index (χ2n) is 4.79. The van der Waals surface area contributed by atoms with Crippen molar-refractivity contribution in [2.75, 3.05) is 13.1 Å². The largest absolute Gasteiger partial charge is 0.473 e. The second-order valence-corrected chi connectivity index (χ2v) is 4.79. The van der Waals surface area contributed by atoms with E-state index in [1.54, 1.807) is 0 Å². The number of aryl methyl sites for hydroxylation is 2. The van der Waals surface area contributed by atoms with Gasteiger partial charge in [0.05, 0.1) is 0 Å². The fourth-order valence-electron chi connectivity index (χ4n) is 2.29. The SMILES string of the molecule is Cc1cc(C)c(C#N)c(OC2CCCNCC2)n1. The molecular weight excluding hydrogens is 226 g/mol. The van der Waals surface area contributed by atoms with Gasteiger partial charge < -0.3 is 10.1 Å². The molecule has 18 heavy (non-hydrogen) atoms. The van der Waals surface area contributed by atoms with Gasteiger partial charge in [-0.2, -0.15) is 5.26 Å². The first kappa shape index (κ1) is 12.8. The Hall–Kier alpha value is -1.60. The van der Waals surface area contributed by atoms with Gasteiger partial charge in [-0.05, 0) is 57.8 Å². The number of hydrogen-bond donors (Lipinski definition) is 1. The first-order valence-electron chi connectivity index (χ1n) is 6.46. The topological polar surface area (TPSA) is 57.9 Å². The summed E-state index contributed by atoms with van der Waals surface area (Å²) >= 11 is 0. The molecule has 0 aliphatic carbocycles. The summed E-state index contributed by atoms with van der Waals surface area (Å²) in [6, 6.07) is 4.11. The molecule has 1 aliphatic rings. The Balaban J connectivity index is 2.19. The summed E-state index contributed by atoms with van der Waals surface area (Å²) in [4.78, 5) is 4.36. The van der Waals surface area contributed by atoms with Crippen LogP contribution in [0.25, 0.3) is 0 Å². The molecule has 2 rings (SSSR count). The van der Waals surface area contributed by atoms with Gasteiger partial charge in [0.1, 0.15) is 17.7 Å². The third kappa shape index (κ3) is 2.99. The van der Waals surface area contributed by atoms with Gasteiger partial charge in [0.2, 0.25) is 5.88 Å². The maximum atomic E-state index is 9.19. The summed E-state index contributed by atoms with van der Waals surface area (Å²) < 4.78 is 5.95. The predicted octanol–water partition coefficient (Wildman–Crippen LogP) is 2.09. The molecule has 96 valence electrons. The predicted molar refractivity (Wildman–Crippen MR) is 69.6 cm³/mol. The first-order chi connectivity index (χ1) is 8.70. The molecule has 1 saturated heterocycles. The van der Waals surface area contributed by atoms with Crippen LogP contribution in [-0.4, -0.2) is 24.2 Å². The molecule has 1 aliphatic heterocycles. The average molecular weight is 245 g/mol. The molecule has 1 fully saturated rings. The van der Waals surface area contributed by atoms with E-state index in [1.165, 1.54) is 0 Å². The minimum atomic E-state index is 0.167. The van der Waals surface area contributed by atoms with Crippen molar-refractivity contribution < 1.29 is 4.74 Å². The summed E-state index contributed by atoms with van der Waals surface area (Å²) in [5, 5.41) is 12.5. The second kappa shape index (κ2) is 5.83. The van der Waals surface area contributed by atoms with E-state index >= 15 is 0 Å². The van der Waals surface area contributed by atoms with Crippen LogP contribution in [-0.2, 0) is 0 Å². The van der Waals surface area contributed by atoms with Crippen LogP contribution in [0.5, 0.6) is 5.88 Å². The van der Waals surface area contributed by atoms with Gasteiger partial charge in [0, 0.05) is 5.69 Å². The average Bonchev–Trinajstić information content (AvgIpc) is 2.57. The molecule has 1 N–H and O–H groups in total. The smallest absolute Gasteiger partial charge is 0.232 e. The van der Waals surface area contributed by atoms with E-state index in [9.17, 15) is 5.26 Å². The van der Waals surface area contributed by atoms with Crippen LogP contribution in [0, 0.1) is 25.2 Å². The molecule has 0 amide bonds. The Morgan fingerprint density at radius 2 is 2.22 bits per heavy atom. The van der Waals surface area contributed by atoms with Gasteiger partial charge in [-0.25, -0.2) is 4.98 Å². The molecule has 1 aromatic heterocycles. The highest BCUT2D eigenvalue weighted by Gasteiger charge is 2.17. The van der Waals surface area contributed by atoms with Gasteiger partial charge in [-0.15, -0.1) is 0 Å². The Morgan fingerprint density at radius 3 is 3.00 bits per heavy atom. The number of nitriles is 1. The molecule has 1 unspecified atom stereocenters. The Bertz CT molecular complexity index is 457. The molecule has 4 heteroatoms. The van der Waals surface area contributed by atoms with Crippen molar-refractivity contribution in [3.05, 3.63) is 22.9 Å². The lowest BCUT2D eigenvalue weighted by atomic mass is 10.1. The zero-order valence-electron chi connectivity index (χ0n) is 11.0. The van der Waals surface area contributed by atoms with E-state index in [0.29, 0.717) is 11.4 Å². The zero-order valence-corrected chi connectivity index (χ0v) is 11.0. The van der Waals surface area contributed by atoms with Crippen molar-refractivity contribution in [2.24, 2.45) is 0 Å². The van der Waals surface area contributed by atoms with E-state index in [1.807, 2.05) is 19.9 Å². The van der Waals surface area contributed by atoms with Gasteiger partial charge in [0.15, 0.2) is 0 Å². The number of rotatable bonds is 2. The van der Waals surface area contributed by atoms with Crippen molar-refractivity contribution in [1.29, 1.82) is 5.26 Å².